The molecule has 2 saturated carbocycles. The number of aliphatic hydroxyl groups excluding tert-OH is 1. The number of rotatable bonds is 17. The largest absolute Gasteiger partial charge is 0.469 e. The molecule has 2 aliphatic rings. The molecule has 0 spiro atoms. The van der Waals surface area contributed by atoms with Gasteiger partial charge in [-0.2, -0.15) is 0 Å². The fourth-order valence-electron chi connectivity index (χ4n) is 4.22. The fraction of sp³-hybridized carbons (Fsp3) is 0.741. The van der Waals surface area contributed by atoms with E-state index in [0.29, 0.717) is 18.8 Å². The van der Waals surface area contributed by atoms with Gasteiger partial charge in [0.2, 0.25) is 0 Å². The molecule has 0 saturated heterocycles. The Morgan fingerprint density at radius 3 is 2.30 bits per heavy atom. The molecule has 0 amide bonds. The maximum atomic E-state index is 11.1. The highest BCUT2D eigenvalue weighted by Crippen LogP contribution is 2.50. The summed E-state index contributed by atoms with van der Waals surface area (Å²) in [7, 11) is 1.43. The molecule has 3 heteroatoms. The summed E-state index contributed by atoms with van der Waals surface area (Å²) in [6, 6.07) is 0. The Labute approximate surface area is 184 Å². The molecule has 1 unspecified atom stereocenters. The Balaban J connectivity index is 1.75. The van der Waals surface area contributed by atoms with Gasteiger partial charge in [-0.05, 0) is 88.4 Å². The molecule has 0 bridgehead atoms. The minimum atomic E-state index is -0.306. The Kier molecular flexibility index (Phi) is 12.1. The zero-order valence-electron chi connectivity index (χ0n) is 19.4. The molecule has 170 valence electrons. The molecule has 2 rings (SSSR count). The fourth-order valence-corrected chi connectivity index (χ4v) is 4.22. The Bertz CT molecular complexity index is 567. The molecule has 0 heterocycles. The molecule has 1 N–H and O–H groups in total. The van der Waals surface area contributed by atoms with Crippen LogP contribution in [0.5, 0.6) is 0 Å². The number of aliphatic hydroxyl groups is 1. The standard InChI is InChI=1S/C27H44O3/c1-3-4-5-6-7-11-14-25(22-16-17-22)26(23-18-19-23)21-20-24(28)13-10-8-9-12-15-27(29)30-2/h7-8,10-11,21-25,28H,3-6,9,12-20H2,1-2H3/b10-8-,11-7-,26-21-/t24-,25?/m0/s1. The predicted octanol–water partition coefficient (Wildman–Crippen LogP) is 6.92. The van der Waals surface area contributed by atoms with E-state index in [1.54, 1.807) is 5.57 Å². The highest BCUT2D eigenvalue weighted by molar-refractivity contribution is 5.69. The monoisotopic (exact) mass is 416 g/mol. The zero-order valence-corrected chi connectivity index (χ0v) is 19.4. The molecule has 30 heavy (non-hydrogen) atoms. The maximum absolute atomic E-state index is 11.1. The van der Waals surface area contributed by atoms with Crippen molar-refractivity contribution < 1.29 is 14.6 Å². The van der Waals surface area contributed by atoms with Crippen molar-refractivity contribution in [3.05, 3.63) is 36.0 Å². The topological polar surface area (TPSA) is 46.5 Å². The van der Waals surface area contributed by atoms with Crippen molar-refractivity contribution in [1.29, 1.82) is 0 Å². The molecule has 0 radical (unpaired) electrons. The number of hydrogen-bond acceptors (Lipinski definition) is 3. The van der Waals surface area contributed by atoms with E-state index in [-0.39, 0.29) is 12.1 Å². The molecule has 0 aromatic rings. The van der Waals surface area contributed by atoms with Crippen molar-refractivity contribution in [2.24, 2.45) is 17.8 Å². The third-order valence-corrected chi connectivity index (χ3v) is 6.38. The second-order valence-electron chi connectivity index (χ2n) is 9.19. The lowest BCUT2D eigenvalue weighted by Gasteiger charge is -2.20. The van der Waals surface area contributed by atoms with E-state index < -0.39 is 0 Å². The summed E-state index contributed by atoms with van der Waals surface area (Å²) in [6.45, 7) is 2.26. The van der Waals surface area contributed by atoms with Gasteiger partial charge in [0.15, 0.2) is 0 Å². The Morgan fingerprint density at radius 2 is 1.67 bits per heavy atom. The maximum Gasteiger partial charge on any atom is 0.305 e. The molecule has 2 aliphatic carbocycles. The van der Waals surface area contributed by atoms with Crippen LogP contribution in [0.3, 0.4) is 0 Å². The van der Waals surface area contributed by atoms with E-state index in [9.17, 15) is 9.90 Å². The van der Waals surface area contributed by atoms with Crippen LogP contribution in [0, 0.1) is 17.8 Å². The Morgan fingerprint density at radius 1 is 0.967 bits per heavy atom. The average Bonchev–Trinajstić information content (AvgIpc) is 3.64. The average molecular weight is 417 g/mol. The molecule has 0 aliphatic heterocycles. The predicted molar refractivity (Wildman–Crippen MR) is 125 cm³/mol. The normalized spacial score (nSPS) is 19.5. The summed E-state index contributed by atoms with van der Waals surface area (Å²) in [5.41, 5.74) is 1.65. The van der Waals surface area contributed by atoms with E-state index in [4.69, 9.17) is 0 Å². The first kappa shape index (κ1) is 24.9. The van der Waals surface area contributed by atoms with Crippen molar-refractivity contribution in [3.8, 4) is 0 Å². The third kappa shape index (κ3) is 10.6. The SMILES string of the molecule is CCCCC/C=C\CC(/C(=C\C[C@@H](O)C/C=C\CCCC(=O)OC)C1CC1)C1CC1. The summed E-state index contributed by atoms with van der Waals surface area (Å²) in [5, 5.41) is 10.4. The zero-order chi connectivity index (χ0) is 21.6. The van der Waals surface area contributed by atoms with Crippen LogP contribution >= 0.6 is 0 Å². The van der Waals surface area contributed by atoms with Crippen molar-refractivity contribution in [2.45, 2.75) is 103 Å². The Hall–Kier alpha value is -1.35. The number of methoxy groups -OCH3 is 1. The number of carbonyl (C=O) groups is 1. The van der Waals surface area contributed by atoms with Crippen LogP contribution in [-0.4, -0.2) is 24.3 Å². The summed E-state index contributed by atoms with van der Waals surface area (Å²) in [5.74, 6) is 2.22. The second-order valence-corrected chi connectivity index (χ2v) is 9.19. The van der Waals surface area contributed by atoms with Gasteiger partial charge in [-0.25, -0.2) is 0 Å². The second kappa shape index (κ2) is 14.6. The molecule has 0 aromatic carbocycles. The van der Waals surface area contributed by atoms with Crippen LogP contribution in [0.15, 0.2) is 36.0 Å². The van der Waals surface area contributed by atoms with Crippen LogP contribution < -0.4 is 0 Å². The number of esters is 1. The van der Waals surface area contributed by atoms with Gasteiger partial charge < -0.3 is 9.84 Å². The van der Waals surface area contributed by atoms with Gasteiger partial charge in [0, 0.05) is 6.42 Å². The third-order valence-electron chi connectivity index (χ3n) is 6.38. The van der Waals surface area contributed by atoms with Gasteiger partial charge in [-0.1, -0.05) is 55.7 Å². The highest BCUT2D eigenvalue weighted by Gasteiger charge is 2.38. The van der Waals surface area contributed by atoms with Gasteiger partial charge in [0.1, 0.15) is 0 Å². The van der Waals surface area contributed by atoms with Crippen LogP contribution in [0.4, 0.5) is 0 Å². The number of carbonyl (C=O) groups excluding carboxylic acids is 1. The number of unbranched alkanes of at least 4 members (excludes halogenated alkanes) is 4. The number of hydrogen-bond donors (Lipinski definition) is 1. The van der Waals surface area contributed by atoms with E-state index >= 15 is 0 Å². The first-order valence-corrected chi connectivity index (χ1v) is 12.4. The van der Waals surface area contributed by atoms with Crippen molar-refractivity contribution in [3.63, 3.8) is 0 Å². The van der Waals surface area contributed by atoms with Crippen LogP contribution in [0.2, 0.25) is 0 Å². The first-order valence-electron chi connectivity index (χ1n) is 12.4. The van der Waals surface area contributed by atoms with Gasteiger partial charge >= 0.3 is 5.97 Å². The van der Waals surface area contributed by atoms with Crippen LogP contribution in [0.25, 0.3) is 0 Å². The summed E-state index contributed by atoms with van der Waals surface area (Å²) in [6.07, 6.45) is 26.4. The number of allylic oxidation sites excluding steroid dienone is 4. The van der Waals surface area contributed by atoms with Crippen LogP contribution in [0.1, 0.15) is 96.8 Å². The first-order chi connectivity index (χ1) is 14.7. The van der Waals surface area contributed by atoms with Gasteiger partial charge in [0.25, 0.3) is 0 Å². The lowest BCUT2D eigenvalue weighted by atomic mass is 9.86. The van der Waals surface area contributed by atoms with E-state index in [1.807, 2.05) is 0 Å². The lowest BCUT2D eigenvalue weighted by Crippen LogP contribution is -2.10. The van der Waals surface area contributed by atoms with Crippen molar-refractivity contribution in [1.82, 2.24) is 0 Å². The molecule has 2 fully saturated rings. The van der Waals surface area contributed by atoms with E-state index in [1.165, 1.54) is 64.9 Å². The highest BCUT2D eigenvalue weighted by atomic mass is 16.5. The van der Waals surface area contributed by atoms with E-state index in [0.717, 1.165) is 31.1 Å². The van der Waals surface area contributed by atoms with Gasteiger partial charge in [-0.3, -0.25) is 4.79 Å². The van der Waals surface area contributed by atoms with Gasteiger partial charge in [0.05, 0.1) is 13.2 Å². The molecular formula is C27H44O3. The molecular weight excluding hydrogens is 372 g/mol. The van der Waals surface area contributed by atoms with Gasteiger partial charge in [-0.15, -0.1) is 0 Å². The minimum absolute atomic E-state index is 0.151. The quantitative estimate of drug-likeness (QED) is 0.159. The smallest absolute Gasteiger partial charge is 0.305 e. The van der Waals surface area contributed by atoms with E-state index in [2.05, 4.69) is 42.0 Å². The molecule has 3 nitrogen and oxygen atoms in total. The lowest BCUT2D eigenvalue weighted by molar-refractivity contribution is -0.140. The molecule has 0 aromatic heterocycles. The summed E-state index contributed by atoms with van der Waals surface area (Å²) in [4.78, 5) is 11.1. The summed E-state index contributed by atoms with van der Waals surface area (Å²) < 4.78 is 4.65. The minimum Gasteiger partial charge on any atom is -0.469 e. The summed E-state index contributed by atoms with van der Waals surface area (Å²) >= 11 is 0. The molecule has 2 atom stereocenters. The van der Waals surface area contributed by atoms with Crippen molar-refractivity contribution in [2.75, 3.05) is 7.11 Å². The number of ether oxygens (including phenoxy) is 1. The van der Waals surface area contributed by atoms with Crippen molar-refractivity contribution >= 4 is 5.97 Å². The van der Waals surface area contributed by atoms with Crippen LogP contribution in [-0.2, 0) is 9.53 Å².